The second-order valence-electron chi connectivity index (χ2n) is 4.57. The van der Waals surface area contributed by atoms with Crippen LogP contribution in [0.25, 0.3) is 22.8 Å². The van der Waals surface area contributed by atoms with E-state index in [0.717, 1.165) is 21.2 Å². The second-order valence-corrected chi connectivity index (χ2v) is 5.49. The summed E-state index contributed by atoms with van der Waals surface area (Å²) in [5, 5.41) is 12.8. The zero-order valence-corrected chi connectivity index (χ0v) is 12.8. The molecule has 21 heavy (non-hydrogen) atoms. The van der Waals surface area contributed by atoms with Crippen LogP contribution in [0.5, 0.6) is 0 Å². The fourth-order valence-corrected chi connectivity index (χ4v) is 2.49. The molecule has 0 saturated carbocycles. The third kappa shape index (κ3) is 2.71. The van der Waals surface area contributed by atoms with Gasteiger partial charge in [-0.1, -0.05) is 21.1 Å². The van der Waals surface area contributed by atoms with E-state index in [-0.39, 0.29) is 0 Å². The number of rotatable bonds is 2. The Balaban J connectivity index is 1.97. The van der Waals surface area contributed by atoms with Crippen LogP contribution in [-0.2, 0) is 0 Å². The number of hydrogen-bond acceptors (Lipinski definition) is 4. The molecular formula is C16H10BrN3O. The molecule has 102 valence electrons. The van der Waals surface area contributed by atoms with Gasteiger partial charge >= 0.3 is 0 Å². The van der Waals surface area contributed by atoms with Crippen molar-refractivity contribution in [3.63, 3.8) is 0 Å². The average molecular weight is 340 g/mol. The highest BCUT2D eigenvalue weighted by atomic mass is 79.9. The van der Waals surface area contributed by atoms with Gasteiger partial charge in [-0.15, -0.1) is 0 Å². The van der Waals surface area contributed by atoms with Crippen molar-refractivity contribution < 1.29 is 4.52 Å². The maximum atomic E-state index is 8.80. The smallest absolute Gasteiger partial charge is 0.258 e. The van der Waals surface area contributed by atoms with E-state index < -0.39 is 0 Å². The Kier molecular flexibility index (Phi) is 3.55. The molecule has 0 unspecified atom stereocenters. The number of nitriles is 1. The van der Waals surface area contributed by atoms with Crippen molar-refractivity contribution in [1.82, 2.24) is 10.1 Å². The van der Waals surface area contributed by atoms with Crippen molar-refractivity contribution in [2.45, 2.75) is 6.92 Å². The predicted molar refractivity (Wildman–Crippen MR) is 82.3 cm³/mol. The molecule has 0 aliphatic rings. The first kappa shape index (κ1) is 13.5. The van der Waals surface area contributed by atoms with Crippen LogP contribution >= 0.6 is 15.9 Å². The molecule has 0 N–H and O–H groups in total. The third-order valence-electron chi connectivity index (χ3n) is 3.12. The van der Waals surface area contributed by atoms with Crippen molar-refractivity contribution in [2.24, 2.45) is 0 Å². The molecular weight excluding hydrogens is 330 g/mol. The first-order valence-electron chi connectivity index (χ1n) is 6.28. The monoisotopic (exact) mass is 339 g/mol. The van der Waals surface area contributed by atoms with Gasteiger partial charge in [0.1, 0.15) is 0 Å². The van der Waals surface area contributed by atoms with Crippen LogP contribution in [-0.4, -0.2) is 10.1 Å². The number of nitrogens with zero attached hydrogens (tertiary/aromatic N) is 3. The first-order valence-corrected chi connectivity index (χ1v) is 7.07. The van der Waals surface area contributed by atoms with Gasteiger partial charge in [-0.25, -0.2) is 0 Å². The number of aryl methyl sites for hydroxylation is 1. The number of aromatic nitrogens is 2. The van der Waals surface area contributed by atoms with E-state index in [1.807, 2.05) is 25.1 Å². The van der Waals surface area contributed by atoms with Crippen LogP contribution in [0.2, 0.25) is 0 Å². The van der Waals surface area contributed by atoms with Crippen molar-refractivity contribution in [3.05, 3.63) is 58.1 Å². The van der Waals surface area contributed by atoms with Gasteiger partial charge in [0.15, 0.2) is 0 Å². The Bertz CT molecular complexity index is 831. The summed E-state index contributed by atoms with van der Waals surface area (Å²) in [6, 6.07) is 15.0. The summed E-state index contributed by atoms with van der Waals surface area (Å²) >= 11 is 3.43. The van der Waals surface area contributed by atoms with E-state index in [1.165, 1.54) is 0 Å². The lowest BCUT2D eigenvalue weighted by Gasteiger charge is -2.00. The molecule has 3 aromatic rings. The van der Waals surface area contributed by atoms with Crippen molar-refractivity contribution in [2.75, 3.05) is 0 Å². The molecule has 0 amide bonds. The van der Waals surface area contributed by atoms with Crippen molar-refractivity contribution in [1.29, 1.82) is 5.26 Å². The Labute approximate surface area is 130 Å². The fraction of sp³-hybridized carbons (Fsp3) is 0.0625. The highest BCUT2D eigenvalue weighted by Gasteiger charge is 2.12. The van der Waals surface area contributed by atoms with Crippen LogP contribution in [0, 0.1) is 18.3 Å². The topological polar surface area (TPSA) is 62.7 Å². The van der Waals surface area contributed by atoms with E-state index >= 15 is 0 Å². The Hall–Kier alpha value is -2.45. The first-order chi connectivity index (χ1) is 10.2. The number of hydrogen-bond donors (Lipinski definition) is 0. The lowest BCUT2D eigenvalue weighted by atomic mass is 10.1. The fourth-order valence-electron chi connectivity index (χ4n) is 2.02. The summed E-state index contributed by atoms with van der Waals surface area (Å²) in [7, 11) is 0. The molecule has 5 heteroatoms. The molecule has 2 aromatic carbocycles. The lowest BCUT2D eigenvalue weighted by molar-refractivity contribution is 0.432. The second kappa shape index (κ2) is 5.51. The summed E-state index contributed by atoms with van der Waals surface area (Å²) in [4.78, 5) is 4.42. The van der Waals surface area contributed by atoms with Crippen LogP contribution in [0.15, 0.2) is 51.5 Å². The van der Waals surface area contributed by atoms with Gasteiger partial charge in [0, 0.05) is 15.6 Å². The number of benzene rings is 2. The van der Waals surface area contributed by atoms with Crippen molar-refractivity contribution in [3.8, 4) is 28.9 Å². The molecule has 0 saturated heterocycles. The standard InChI is InChI=1S/C16H10BrN3O/c1-10-8-13(17)6-7-14(10)15-19-16(21-20-15)12-4-2-11(9-18)3-5-12/h2-8H,1H3. The molecule has 4 nitrogen and oxygen atoms in total. The molecule has 0 aliphatic heterocycles. The molecule has 0 radical (unpaired) electrons. The zero-order valence-electron chi connectivity index (χ0n) is 11.2. The highest BCUT2D eigenvalue weighted by molar-refractivity contribution is 9.10. The van der Waals surface area contributed by atoms with Crippen LogP contribution in [0.1, 0.15) is 11.1 Å². The summed E-state index contributed by atoms with van der Waals surface area (Å²) in [5.74, 6) is 0.996. The Morgan fingerprint density at radius 1 is 1.14 bits per heavy atom. The molecule has 0 bridgehead atoms. The maximum absolute atomic E-state index is 8.80. The quantitative estimate of drug-likeness (QED) is 0.696. The lowest BCUT2D eigenvalue weighted by Crippen LogP contribution is -1.86. The molecule has 1 heterocycles. The van der Waals surface area contributed by atoms with Gasteiger partial charge in [0.25, 0.3) is 5.89 Å². The average Bonchev–Trinajstić information content (AvgIpc) is 2.97. The summed E-state index contributed by atoms with van der Waals surface area (Å²) in [6.07, 6.45) is 0. The van der Waals surface area contributed by atoms with E-state index in [9.17, 15) is 0 Å². The van der Waals surface area contributed by atoms with E-state index in [1.54, 1.807) is 24.3 Å². The minimum Gasteiger partial charge on any atom is -0.334 e. The highest BCUT2D eigenvalue weighted by Crippen LogP contribution is 2.26. The van der Waals surface area contributed by atoms with Gasteiger partial charge in [-0.05, 0) is 55.0 Å². The Morgan fingerprint density at radius 3 is 2.57 bits per heavy atom. The van der Waals surface area contributed by atoms with Crippen LogP contribution < -0.4 is 0 Å². The third-order valence-corrected chi connectivity index (χ3v) is 3.61. The SMILES string of the molecule is Cc1cc(Br)ccc1-c1noc(-c2ccc(C#N)cc2)n1. The maximum Gasteiger partial charge on any atom is 0.258 e. The van der Waals surface area contributed by atoms with Gasteiger partial charge in [0.05, 0.1) is 11.6 Å². The van der Waals surface area contributed by atoms with Crippen LogP contribution in [0.3, 0.4) is 0 Å². The predicted octanol–water partition coefficient (Wildman–Crippen LogP) is 4.35. The molecule has 0 atom stereocenters. The minimum absolute atomic E-state index is 0.441. The summed E-state index contributed by atoms with van der Waals surface area (Å²) in [5.41, 5.74) is 3.39. The zero-order chi connectivity index (χ0) is 14.8. The largest absolute Gasteiger partial charge is 0.334 e. The molecule has 1 aromatic heterocycles. The van der Waals surface area contributed by atoms with E-state index in [2.05, 4.69) is 32.1 Å². The molecule has 0 fully saturated rings. The normalized spacial score (nSPS) is 10.3. The van der Waals surface area contributed by atoms with Gasteiger partial charge < -0.3 is 4.52 Å². The molecule has 0 aliphatic carbocycles. The van der Waals surface area contributed by atoms with Crippen LogP contribution in [0.4, 0.5) is 0 Å². The minimum atomic E-state index is 0.441. The Morgan fingerprint density at radius 2 is 1.90 bits per heavy atom. The van der Waals surface area contributed by atoms with Gasteiger partial charge in [0.2, 0.25) is 5.82 Å². The van der Waals surface area contributed by atoms with Gasteiger partial charge in [-0.3, -0.25) is 0 Å². The molecule has 3 rings (SSSR count). The van der Waals surface area contributed by atoms with Gasteiger partial charge in [-0.2, -0.15) is 10.2 Å². The number of halogens is 1. The van der Waals surface area contributed by atoms with E-state index in [4.69, 9.17) is 9.78 Å². The molecule has 0 spiro atoms. The summed E-state index contributed by atoms with van der Waals surface area (Å²) < 4.78 is 6.32. The van der Waals surface area contributed by atoms with Crippen molar-refractivity contribution >= 4 is 15.9 Å². The summed E-state index contributed by atoms with van der Waals surface area (Å²) in [6.45, 7) is 2.00. The van der Waals surface area contributed by atoms with E-state index in [0.29, 0.717) is 17.3 Å².